The van der Waals surface area contributed by atoms with Gasteiger partial charge in [0.1, 0.15) is 0 Å². The van der Waals surface area contributed by atoms with Gasteiger partial charge in [0, 0.05) is 17.5 Å². The Balaban J connectivity index is 1.28. The zero-order valence-electron chi connectivity index (χ0n) is 17.3. The Kier molecular flexibility index (Phi) is 5.02. The minimum Gasteiger partial charge on any atom is -0.339 e. The first-order valence-corrected chi connectivity index (χ1v) is 10.6. The molecular formula is C24H24N4O3. The van der Waals surface area contributed by atoms with Crippen LogP contribution in [0.2, 0.25) is 0 Å². The van der Waals surface area contributed by atoms with Gasteiger partial charge in [0.05, 0.1) is 12.5 Å². The fourth-order valence-corrected chi connectivity index (χ4v) is 4.52. The molecule has 1 aliphatic carbocycles. The number of aromatic nitrogens is 2. The minimum atomic E-state index is -0.332. The largest absolute Gasteiger partial charge is 0.339 e. The quantitative estimate of drug-likeness (QED) is 0.693. The highest BCUT2D eigenvalue weighted by Crippen LogP contribution is 2.38. The number of carbonyl (C=O) groups excluding carboxylic acids is 2. The molecule has 1 saturated carbocycles. The van der Waals surface area contributed by atoms with Gasteiger partial charge in [-0.15, -0.1) is 0 Å². The number of amides is 3. The standard InChI is InChI=1S/C24H24N4O3/c1-15-7-9-17(10-8-15)21-26-22(31-27-21)18-11-12-19-20(13-18)25-24(30)28(23(19)29)14-16-5-3-2-4-6-16/h2-10,18-20H,11-14H2,1H3,(H,25,30). The van der Waals surface area contributed by atoms with Crippen LogP contribution in [-0.2, 0) is 11.3 Å². The topological polar surface area (TPSA) is 88.3 Å². The lowest BCUT2D eigenvalue weighted by Crippen LogP contribution is -2.60. The molecule has 1 aromatic heterocycles. The Morgan fingerprint density at radius 3 is 2.61 bits per heavy atom. The second kappa shape index (κ2) is 7.98. The summed E-state index contributed by atoms with van der Waals surface area (Å²) in [5, 5.41) is 7.18. The summed E-state index contributed by atoms with van der Waals surface area (Å²) >= 11 is 0. The lowest BCUT2D eigenvalue weighted by Gasteiger charge is -2.41. The van der Waals surface area contributed by atoms with Crippen molar-refractivity contribution in [1.82, 2.24) is 20.4 Å². The fraction of sp³-hybridized carbons (Fsp3) is 0.333. The molecule has 7 nitrogen and oxygen atoms in total. The number of fused-ring (bicyclic) bond motifs is 1. The number of carbonyl (C=O) groups is 2. The molecule has 1 aliphatic heterocycles. The van der Waals surface area contributed by atoms with Gasteiger partial charge in [0.15, 0.2) is 0 Å². The average Bonchev–Trinajstić information content (AvgIpc) is 3.28. The molecule has 7 heteroatoms. The molecule has 158 valence electrons. The molecular weight excluding hydrogens is 392 g/mol. The molecule has 0 radical (unpaired) electrons. The van der Waals surface area contributed by atoms with Gasteiger partial charge < -0.3 is 9.84 Å². The predicted molar refractivity (Wildman–Crippen MR) is 114 cm³/mol. The van der Waals surface area contributed by atoms with E-state index in [2.05, 4.69) is 15.5 Å². The van der Waals surface area contributed by atoms with Crippen molar-refractivity contribution in [3.63, 3.8) is 0 Å². The molecule has 2 aromatic carbocycles. The third kappa shape index (κ3) is 3.83. The molecule has 2 heterocycles. The van der Waals surface area contributed by atoms with Crippen LogP contribution in [-0.4, -0.2) is 33.0 Å². The van der Waals surface area contributed by atoms with Gasteiger partial charge in [-0.3, -0.25) is 9.69 Å². The third-order valence-electron chi connectivity index (χ3n) is 6.27. The van der Waals surface area contributed by atoms with Crippen molar-refractivity contribution in [3.05, 3.63) is 71.6 Å². The van der Waals surface area contributed by atoms with Crippen molar-refractivity contribution < 1.29 is 14.1 Å². The SMILES string of the molecule is Cc1ccc(-c2noc(C3CCC4C(=O)N(Cc5ccccc5)C(=O)NC4C3)n2)cc1. The summed E-state index contributed by atoms with van der Waals surface area (Å²) in [4.78, 5) is 31.6. The summed E-state index contributed by atoms with van der Waals surface area (Å²) in [6, 6.07) is 17.0. The molecule has 2 fully saturated rings. The molecule has 3 amide bonds. The van der Waals surface area contributed by atoms with Crippen LogP contribution in [0.4, 0.5) is 4.79 Å². The second-order valence-electron chi connectivity index (χ2n) is 8.40. The summed E-state index contributed by atoms with van der Waals surface area (Å²) < 4.78 is 5.55. The molecule has 1 N–H and O–H groups in total. The van der Waals surface area contributed by atoms with E-state index in [0.29, 0.717) is 31.1 Å². The third-order valence-corrected chi connectivity index (χ3v) is 6.27. The highest BCUT2D eigenvalue weighted by molar-refractivity contribution is 5.98. The normalized spacial score (nSPS) is 23.4. The van der Waals surface area contributed by atoms with E-state index in [9.17, 15) is 9.59 Å². The molecule has 1 saturated heterocycles. The van der Waals surface area contributed by atoms with Gasteiger partial charge in [-0.2, -0.15) is 4.98 Å². The Labute approximate surface area is 180 Å². The number of aryl methyl sites for hydroxylation is 1. The van der Waals surface area contributed by atoms with E-state index < -0.39 is 0 Å². The first-order valence-electron chi connectivity index (χ1n) is 10.6. The van der Waals surface area contributed by atoms with E-state index in [4.69, 9.17) is 4.52 Å². The van der Waals surface area contributed by atoms with Gasteiger partial charge in [-0.1, -0.05) is 65.3 Å². The molecule has 5 rings (SSSR count). The van der Waals surface area contributed by atoms with Gasteiger partial charge in [0.2, 0.25) is 17.6 Å². The van der Waals surface area contributed by atoms with Crippen molar-refractivity contribution in [2.45, 2.75) is 44.7 Å². The lowest BCUT2D eigenvalue weighted by molar-refractivity contribution is -0.137. The number of hydrogen-bond donors (Lipinski definition) is 1. The fourth-order valence-electron chi connectivity index (χ4n) is 4.52. The van der Waals surface area contributed by atoms with Crippen LogP contribution in [0.15, 0.2) is 59.1 Å². The van der Waals surface area contributed by atoms with Crippen LogP contribution >= 0.6 is 0 Å². The Hall–Kier alpha value is -3.48. The van der Waals surface area contributed by atoms with E-state index in [1.54, 1.807) is 0 Å². The minimum absolute atomic E-state index is 0.0294. The van der Waals surface area contributed by atoms with Crippen molar-refractivity contribution in [1.29, 1.82) is 0 Å². The highest BCUT2D eigenvalue weighted by Gasteiger charge is 2.45. The molecule has 2 aliphatic rings. The first-order chi connectivity index (χ1) is 15.1. The maximum absolute atomic E-state index is 13.0. The first kappa shape index (κ1) is 19.5. The average molecular weight is 416 g/mol. The zero-order valence-corrected chi connectivity index (χ0v) is 17.3. The van der Waals surface area contributed by atoms with Gasteiger partial charge in [0.25, 0.3) is 0 Å². The molecule has 0 spiro atoms. The molecule has 3 unspecified atom stereocenters. The number of urea groups is 1. The molecule has 31 heavy (non-hydrogen) atoms. The molecule has 3 atom stereocenters. The van der Waals surface area contributed by atoms with Gasteiger partial charge in [-0.05, 0) is 31.7 Å². The van der Waals surface area contributed by atoms with Crippen molar-refractivity contribution in [2.24, 2.45) is 5.92 Å². The van der Waals surface area contributed by atoms with E-state index in [0.717, 1.165) is 17.5 Å². The number of nitrogens with one attached hydrogen (secondary N) is 1. The summed E-state index contributed by atoms with van der Waals surface area (Å²) in [5.74, 6) is 0.859. The van der Waals surface area contributed by atoms with Crippen molar-refractivity contribution in [3.8, 4) is 11.4 Å². The maximum atomic E-state index is 13.0. The Morgan fingerprint density at radius 2 is 1.84 bits per heavy atom. The van der Waals surface area contributed by atoms with Crippen molar-refractivity contribution >= 4 is 11.9 Å². The summed E-state index contributed by atoms with van der Waals surface area (Å²) in [5.41, 5.74) is 3.02. The summed E-state index contributed by atoms with van der Waals surface area (Å²) in [6.07, 6.45) is 2.08. The van der Waals surface area contributed by atoms with Crippen LogP contribution in [0.25, 0.3) is 11.4 Å². The smallest absolute Gasteiger partial charge is 0.324 e. The Morgan fingerprint density at radius 1 is 1.06 bits per heavy atom. The Bertz CT molecular complexity index is 1090. The number of benzene rings is 2. The number of nitrogens with zero attached hydrogens (tertiary/aromatic N) is 3. The van der Waals surface area contributed by atoms with Gasteiger partial charge in [-0.25, -0.2) is 4.79 Å². The van der Waals surface area contributed by atoms with Crippen LogP contribution < -0.4 is 5.32 Å². The highest BCUT2D eigenvalue weighted by atomic mass is 16.5. The van der Waals surface area contributed by atoms with Crippen molar-refractivity contribution in [2.75, 3.05) is 0 Å². The zero-order chi connectivity index (χ0) is 21.4. The summed E-state index contributed by atoms with van der Waals surface area (Å²) in [7, 11) is 0. The van der Waals surface area contributed by atoms with E-state index in [1.807, 2.05) is 61.5 Å². The monoisotopic (exact) mass is 416 g/mol. The van der Waals surface area contributed by atoms with Crippen LogP contribution in [0.5, 0.6) is 0 Å². The maximum Gasteiger partial charge on any atom is 0.324 e. The summed E-state index contributed by atoms with van der Waals surface area (Å²) in [6.45, 7) is 2.33. The van der Waals surface area contributed by atoms with E-state index >= 15 is 0 Å². The van der Waals surface area contributed by atoms with Crippen LogP contribution in [0.3, 0.4) is 0 Å². The van der Waals surface area contributed by atoms with Crippen LogP contribution in [0.1, 0.15) is 42.2 Å². The van der Waals surface area contributed by atoms with Crippen LogP contribution in [0, 0.1) is 12.8 Å². The molecule has 3 aromatic rings. The molecule has 0 bridgehead atoms. The predicted octanol–water partition coefficient (Wildman–Crippen LogP) is 4.05. The number of imide groups is 1. The second-order valence-corrected chi connectivity index (χ2v) is 8.40. The lowest BCUT2D eigenvalue weighted by atomic mass is 9.76. The number of rotatable bonds is 4. The van der Waals surface area contributed by atoms with E-state index in [-0.39, 0.29) is 29.8 Å². The van der Waals surface area contributed by atoms with Gasteiger partial charge >= 0.3 is 6.03 Å². The van der Waals surface area contributed by atoms with E-state index in [1.165, 1.54) is 10.5 Å². The number of hydrogen-bond acceptors (Lipinski definition) is 5.